The normalized spacial score (nSPS) is 18.2. The van der Waals surface area contributed by atoms with Crippen LogP contribution < -0.4 is 10.5 Å². The molecule has 1 aliphatic heterocycles. The van der Waals surface area contributed by atoms with Crippen LogP contribution in [0.5, 0.6) is 5.75 Å². The Labute approximate surface area is 90.2 Å². The van der Waals surface area contributed by atoms with Gasteiger partial charge in [0.1, 0.15) is 5.75 Å². The number of rotatable bonds is 4. The van der Waals surface area contributed by atoms with Crippen molar-refractivity contribution in [1.82, 2.24) is 0 Å². The molecular formula is C12H17NO2. The Morgan fingerprint density at radius 3 is 2.87 bits per heavy atom. The van der Waals surface area contributed by atoms with E-state index in [2.05, 4.69) is 6.92 Å². The third kappa shape index (κ3) is 2.63. The number of nitrogens with two attached hydrogens (primary N) is 1. The molecule has 1 saturated heterocycles. The van der Waals surface area contributed by atoms with Crippen LogP contribution in [0, 0.1) is 5.41 Å². The first-order chi connectivity index (χ1) is 7.18. The average Bonchev–Trinajstić information content (AvgIpc) is 2.15. The molecule has 2 N–H and O–H groups in total. The van der Waals surface area contributed by atoms with Crippen molar-refractivity contribution in [1.29, 1.82) is 0 Å². The molecule has 1 heterocycles. The topological polar surface area (TPSA) is 44.5 Å². The summed E-state index contributed by atoms with van der Waals surface area (Å²) >= 11 is 0. The summed E-state index contributed by atoms with van der Waals surface area (Å²) in [6.07, 6.45) is 1.03. The van der Waals surface area contributed by atoms with E-state index < -0.39 is 0 Å². The van der Waals surface area contributed by atoms with Crippen LogP contribution in [0.25, 0.3) is 0 Å². The minimum Gasteiger partial charge on any atom is -0.493 e. The molecule has 0 radical (unpaired) electrons. The van der Waals surface area contributed by atoms with Gasteiger partial charge in [0.15, 0.2) is 0 Å². The molecule has 3 heteroatoms. The Bertz CT molecular complexity index is 334. The highest BCUT2D eigenvalue weighted by molar-refractivity contribution is 5.43. The third-order valence-electron chi connectivity index (χ3n) is 2.73. The third-order valence-corrected chi connectivity index (χ3v) is 2.73. The van der Waals surface area contributed by atoms with E-state index in [1.54, 1.807) is 0 Å². The van der Waals surface area contributed by atoms with Crippen LogP contribution in [0.15, 0.2) is 24.3 Å². The van der Waals surface area contributed by atoms with Gasteiger partial charge in [-0.05, 0) is 18.6 Å². The molecule has 15 heavy (non-hydrogen) atoms. The Morgan fingerprint density at radius 1 is 1.47 bits per heavy atom. The minimum atomic E-state index is 0.320. The van der Waals surface area contributed by atoms with Crippen LogP contribution in [-0.2, 0) is 4.74 Å². The maximum atomic E-state index is 5.65. The predicted octanol–water partition coefficient (Wildman–Crippen LogP) is 2.07. The quantitative estimate of drug-likeness (QED) is 0.769. The molecule has 0 atom stereocenters. The van der Waals surface area contributed by atoms with Gasteiger partial charge in [-0.1, -0.05) is 13.0 Å². The highest BCUT2D eigenvalue weighted by Crippen LogP contribution is 2.30. The number of ether oxygens (including phenoxy) is 2. The highest BCUT2D eigenvalue weighted by atomic mass is 16.5. The predicted molar refractivity (Wildman–Crippen MR) is 59.9 cm³/mol. The fraction of sp³-hybridized carbons (Fsp3) is 0.500. The van der Waals surface area contributed by atoms with E-state index in [1.165, 1.54) is 0 Å². The van der Waals surface area contributed by atoms with Crippen molar-refractivity contribution in [3.05, 3.63) is 24.3 Å². The van der Waals surface area contributed by atoms with Crippen molar-refractivity contribution >= 4 is 5.69 Å². The number of benzene rings is 1. The van der Waals surface area contributed by atoms with Crippen LogP contribution in [0.3, 0.4) is 0 Å². The summed E-state index contributed by atoms with van der Waals surface area (Å²) < 4.78 is 10.8. The zero-order valence-electron chi connectivity index (χ0n) is 9.03. The number of hydrogen-bond acceptors (Lipinski definition) is 3. The molecule has 82 valence electrons. The SMILES string of the molecule is CC1(CCOc2cccc(N)c2)COC1. The molecule has 1 aromatic rings. The summed E-state index contributed by atoms with van der Waals surface area (Å²) in [7, 11) is 0. The van der Waals surface area contributed by atoms with Gasteiger partial charge in [0, 0.05) is 17.2 Å². The van der Waals surface area contributed by atoms with Gasteiger partial charge in [-0.25, -0.2) is 0 Å². The zero-order chi connectivity index (χ0) is 10.7. The number of hydrogen-bond donors (Lipinski definition) is 1. The lowest BCUT2D eigenvalue weighted by Gasteiger charge is -2.37. The van der Waals surface area contributed by atoms with Crippen molar-refractivity contribution in [2.75, 3.05) is 25.6 Å². The molecule has 1 aliphatic rings. The fourth-order valence-corrected chi connectivity index (χ4v) is 1.61. The van der Waals surface area contributed by atoms with E-state index in [0.29, 0.717) is 5.41 Å². The first kappa shape index (κ1) is 10.3. The van der Waals surface area contributed by atoms with Crippen molar-refractivity contribution in [2.45, 2.75) is 13.3 Å². The Morgan fingerprint density at radius 2 is 2.27 bits per heavy atom. The Balaban J connectivity index is 1.78. The summed E-state index contributed by atoms with van der Waals surface area (Å²) in [5.74, 6) is 0.846. The van der Waals surface area contributed by atoms with Crippen molar-refractivity contribution in [2.24, 2.45) is 5.41 Å². The standard InChI is InChI=1S/C12H17NO2/c1-12(8-14-9-12)5-6-15-11-4-2-3-10(13)7-11/h2-4,7H,5-6,8-9,13H2,1H3. The highest BCUT2D eigenvalue weighted by Gasteiger charge is 2.32. The molecule has 1 aromatic carbocycles. The molecular weight excluding hydrogens is 190 g/mol. The first-order valence-electron chi connectivity index (χ1n) is 5.24. The van der Waals surface area contributed by atoms with E-state index in [4.69, 9.17) is 15.2 Å². The lowest BCUT2D eigenvalue weighted by atomic mass is 9.85. The van der Waals surface area contributed by atoms with Gasteiger partial charge in [0.05, 0.1) is 19.8 Å². The second-order valence-corrected chi connectivity index (χ2v) is 4.47. The molecule has 0 amide bonds. The van der Waals surface area contributed by atoms with E-state index in [1.807, 2.05) is 24.3 Å². The van der Waals surface area contributed by atoms with E-state index in [9.17, 15) is 0 Å². The Hall–Kier alpha value is -1.22. The van der Waals surface area contributed by atoms with Gasteiger partial charge in [-0.2, -0.15) is 0 Å². The Kier molecular flexibility index (Phi) is 2.82. The molecule has 0 spiro atoms. The molecule has 0 unspecified atom stereocenters. The van der Waals surface area contributed by atoms with Gasteiger partial charge < -0.3 is 15.2 Å². The minimum absolute atomic E-state index is 0.320. The van der Waals surface area contributed by atoms with Crippen molar-refractivity contribution in [3.63, 3.8) is 0 Å². The smallest absolute Gasteiger partial charge is 0.121 e. The van der Waals surface area contributed by atoms with Crippen LogP contribution in [0.4, 0.5) is 5.69 Å². The molecule has 0 bridgehead atoms. The number of anilines is 1. The molecule has 0 aliphatic carbocycles. The largest absolute Gasteiger partial charge is 0.493 e. The van der Waals surface area contributed by atoms with Gasteiger partial charge in [0.25, 0.3) is 0 Å². The lowest BCUT2D eigenvalue weighted by Crippen LogP contribution is -2.40. The summed E-state index contributed by atoms with van der Waals surface area (Å²) in [5, 5.41) is 0. The van der Waals surface area contributed by atoms with E-state index in [0.717, 1.165) is 37.7 Å². The zero-order valence-corrected chi connectivity index (χ0v) is 9.03. The monoisotopic (exact) mass is 207 g/mol. The van der Waals surface area contributed by atoms with Gasteiger partial charge >= 0.3 is 0 Å². The van der Waals surface area contributed by atoms with Crippen molar-refractivity contribution in [3.8, 4) is 5.75 Å². The molecule has 0 aromatic heterocycles. The fourth-order valence-electron chi connectivity index (χ4n) is 1.61. The molecule has 2 rings (SSSR count). The van der Waals surface area contributed by atoms with E-state index in [-0.39, 0.29) is 0 Å². The molecule has 1 fully saturated rings. The average molecular weight is 207 g/mol. The van der Waals surface area contributed by atoms with Gasteiger partial charge in [-0.3, -0.25) is 0 Å². The molecule has 0 saturated carbocycles. The second-order valence-electron chi connectivity index (χ2n) is 4.47. The lowest BCUT2D eigenvalue weighted by molar-refractivity contribution is -0.109. The second kappa shape index (κ2) is 4.11. The van der Waals surface area contributed by atoms with Gasteiger partial charge in [0.2, 0.25) is 0 Å². The summed E-state index contributed by atoms with van der Waals surface area (Å²) in [6, 6.07) is 7.53. The maximum Gasteiger partial charge on any atom is 0.121 e. The van der Waals surface area contributed by atoms with Crippen LogP contribution in [0.1, 0.15) is 13.3 Å². The van der Waals surface area contributed by atoms with Gasteiger partial charge in [-0.15, -0.1) is 0 Å². The molecule has 3 nitrogen and oxygen atoms in total. The maximum absolute atomic E-state index is 5.65. The van der Waals surface area contributed by atoms with E-state index >= 15 is 0 Å². The summed E-state index contributed by atoms with van der Waals surface area (Å²) in [6.45, 7) is 4.66. The summed E-state index contributed by atoms with van der Waals surface area (Å²) in [4.78, 5) is 0. The van der Waals surface area contributed by atoms with Crippen LogP contribution in [0.2, 0.25) is 0 Å². The first-order valence-corrected chi connectivity index (χ1v) is 5.24. The van der Waals surface area contributed by atoms with Crippen LogP contribution >= 0.6 is 0 Å². The number of nitrogen functional groups attached to an aromatic ring is 1. The van der Waals surface area contributed by atoms with Crippen LogP contribution in [-0.4, -0.2) is 19.8 Å². The summed E-state index contributed by atoms with van der Waals surface area (Å²) in [5.41, 5.74) is 6.71. The van der Waals surface area contributed by atoms with Crippen molar-refractivity contribution < 1.29 is 9.47 Å².